The molecule has 3 aromatic carbocycles. The Balaban J connectivity index is 1.73. The monoisotopic (exact) mass is 532 g/mol. The van der Waals surface area contributed by atoms with Crippen LogP contribution in [0.25, 0.3) is 32.9 Å². The maximum Gasteiger partial charge on any atom is 0.205 e. The van der Waals surface area contributed by atoms with Gasteiger partial charge in [0.15, 0.2) is 16.9 Å². The number of aromatic nitrogens is 2. The van der Waals surface area contributed by atoms with Gasteiger partial charge in [0, 0.05) is 33.8 Å². The van der Waals surface area contributed by atoms with E-state index in [-0.39, 0.29) is 4.90 Å². The molecule has 0 spiro atoms. The minimum atomic E-state index is -3.93. The summed E-state index contributed by atoms with van der Waals surface area (Å²) in [6, 6.07) is 18.1. The van der Waals surface area contributed by atoms with Crippen molar-refractivity contribution in [2.45, 2.75) is 17.2 Å². The Bertz CT molecular complexity index is 1780. The largest absolute Gasteiger partial charge is 0.493 e. The Morgan fingerprint density at radius 1 is 1.03 bits per heavy atom. The highest BCUT2D eigenvalue weighted by Gasteiger charge is 2.30. The molecule has 0 saturated heterocycles. The van der Waals surface area contributed by atoms with Crippen LogP contribution in [0.15, 0.2) is 90.6 Å². The van der Waals surface area contributed by atoms with Crippen molar-refractivity contribution in [3.05, 3.63) is 96.3 Å². The summed E-state index contributed by atoms with van der Waals surface area (Å²) in [5.74, 6) is 1.16. The molecule has 0 N–H and O–H groups in total. The van der Waals surface area contributed by atoms with Gasteiger partial charge in [-0.2, -0.15) is 0 Å². The topological polar surface area (TPSA) is 70.4 Å². The van der Waals surface area contributed by atoms with E-state index in [1.54, 1.807) is 43.2 Å². The van der Waals surface area contributed by atoms with Gasteiger partial charge in [-0.1, -0.05) is 42.5 Å². The molecule has 0 bridgehead atoms. The Morgan fingerprint density at radius 3 is 2.54 bits per heavy atom. The molecule has 0 radical (unpaired) electrons. The molecule has 0 saturated carbocycles. The number of benzene rings is 3. The summed E-state index contributed by atoms with van der Waals surface area (Å²) in [6.45, 7) is 5.82. The maximum atomic E-state index is 14.1. The smallest absolute Gasteiger partial charge is 0.205 e. The summed E-state index contributed by atoms with van der Waals surface area (Å²) < 4.78 is 40.8. The predicted octanol–water partition coefficient (Wildman–Crippen LogP) is 6.99. The van der Waals surface area contributed by atoms with E-state index in [9.17, 15) is 8.42 Å². The fourth-order valence-electron chi connectivity index (χ4n) is 4.66. The third kappa shape index (κ3) is 4.24. The van der Waals surface area contributed by atoms with Crippen LogP contribution in [0.3, 0.4) is 0 Å². The van der Waals surface area contributed by atoms with Crippen molar-refractivity contribution in [1.29, 1.82) is 0 Å². The molecule has 1 atom stereocenters. The van der Waals surface area contributed by atoms with Crippen molar-refractivity contribution < 1.29 is 17.9 Å². The van der Waals surface area contributed by atoms with Gasteiger partial charge in [0.05, 0.1) is 30.1 Å². The molecule has 2 aromatic heterocycles. The summed E-state index contributed by atoms with van der Waals surface area (Å²) in [4.78, 5) is 4.60. The number of sulfone groups is 1. The van der Waals surface area contributed by atoms with Crippen LogP contribution in [0.2, 0.25) is 5.02 Å². The van der Waals surface area contributed by atoms with Crippen LogP contribution in [0.1, 0.15) is 10.9 Å². The van der Waals surface area contributed by atoms with Gasteiger partial charge < -0.3 is 14.0 Å². The molecule has 0 aliphatic heterocycles. The molecule has 6 nitrogen and oxygen atoms in total. The van der Waals surface area contributed by atoms with Crippen molar-refractivity contribution in [2.75, 3.05) is 14.2 Å². The molecule has 5 aromatic rings. The van der Waals surface area contributed by atoms with Crippen molar-refractivity contribution >= 4 is 43.2 Å². The fourth-order valence-corrected chi connectivity index (χ4v) is 6.53. The zero-order valence-corrected chi connectivity index (χ0v) is 22.2. The molecule has 5 rings (SSSR count). The zero-order chi connectivity index (χ0) is 26.3. The summed E-state index contributed by atoms with van der Waals surface area (Å²) in [5.41, 5.74) is 3.71. The van der Waals surface area contributed by atoms with Gasteiger partial charge in [0.1, 0.15) is 0 Å². The van der Waals surface area contributed by atoms with Gasteiger partial charge in [0.25, 0.3) is 0 Å². The number of hydrogen-bond acceptors (Lipinski definition) is 5. The Morgan fingerprint density at radius 2 is 1.81 bits per heavy atom. The van der Waals surface area contributed by atoms with E-state index in [2.05, 4.69) is 11.6 Å². The summed E-state index contributed by atoms with van der Waals surface area (Å²) in [5, 5.41) is 1.02. The van der Waals surface area contributed by atoms with Crippen molar-refractivity contribution in [3.8, 4) is 22.6 Å². The zero-order valence-electron chi connectivity index (χ0n) is 20.6. The first-order valence-electron chi connectivity index (χ1n) is 11.5. The van der Waals surface area contributed by atoms with Gasteiger partial charge in [0.2, 0.25) is 9.84 Å². The number of nitrogens with zero attached hydrogens (tertiary/aromatic N) is 2. The van der Waals surface area contributed by atoms with E-state index in [1.165, 1.54) is 6.08 Å². The summed E-state index contributed by atoms with van der Waals surface area (Å²) in [7, 11) is -0.786. The lowest BCUT2D eigenvalue weighted by atomic mass is 10.0. The Kier molecular flexibility index (Phi) is 6.43. The number of fused-ring (bicyclic) bond motifs is 2. The first-order valence-corrected chi connectivity index (χ1v) is 13.4. The van der Waals surface area contributed by atoms with Crippen LogP contribution in [-0.2, 0) is 9.84 Å². The summed E-state index contributed by atoms with van der Waals surface area (Å²) >= 11 is 6.37. The van der Waals surface area contributed by atoms with Gasteiger partial charge >= 0.3 is 0 Å². The number of aryl methyl sites for hydroxylation is 1. The molecule has 37 heavy (non-hydrogen) atoms. The molecule has 188 valence electrons. The number of ether oxygens (including phenoxy) is 2. The minimum absolute atomic E-state index is 0.151. The van der Waals surface area contributed by atoms with E-state index < -0.39 is 15.2 Å². The molecule has 8 heteroatoms. The van der Waals surface area contributed by atoms with Crippen LogP contribution in [0, 0.1) is 6.92 Å². The molecule has 0 amide bonds. The average molecular weight is 533 g/mol. The SMILES string of the molecule is C=CC(n1cc(-c2ccc(OC)c(OC)c2)c2cc(Cl)ccc21)S(=O)(=O)c1cccc2cc(C)cnc12. The molecule has 0 aliphatic carbocycles. The fraction of sp³-hybridized carbons (Fsp3) is 0.138. The number of halogens is 1. The molecular weight excluding hydrogens is 508 g/mol. The van der Waals surface area contributed by atoms with E-state index >= 15 is 0 Å². The van der Waals surface area contributed by atoms with E-state index in [0.29, 0.717) is 27.6 Å². The van der Waals surface area contributed by atoms with Gasteiger partial charge in [-0.05, 0) is 60.5 Å². The quantitative estimate of drug-likeness (QED) is 0.211. The highest BCUT2D eigenvalue weighted by atomic mass is 35.5. The van der Waals surface area contributed by atoms with Crippen molar-refractivity contribution in [3.63, 3.8) is 0 Å². The third-order valence-electron chi connectivity index (χ3n) is 6.40. The lowest BCUT2D eigenvalue weighted by molar-refractivity contribution is 0.355. The van der Waals surface area contributed by atoms with E-state index in [4.69, 9.17) is 21.1 Å². The van der Waals surface area contributed by atoms with E-state index in [1.807, 2.05) is 55.6 Å². The van der Waals surface area contributed by atoms with Crippen LogP contribution in [0.4, 0.5) is 0 Å². The molecule has 1 unspecified atom stereocenters. The normalized spacial score (nSPS) is 12.5. The molecule has 0 fully saturated rings. The van der Waals surface area contributed by atoms with Crippen LogP contribution < -0.4 is 9.47 Å². The number of pyridine rings is 1. The average Bonchev–Trinajstić information content (AvgIpc) is 3.25. The number of methoxy groups -OCH3 is 2. The van der Waals surface area contributed by atoms with Crippen LogP contribution in [-0.4, -0.2) is 32.2 Å². The summed E-state index contributed by atoms with van der Waals surface area (Å²) in [6.07, 6.45) is 4.93. The highest BCUT2D eigenvalue weighted by molar-refractivity contribution is 7.91. The Hall–Kier alpha value is -3.81. The second kappa shape index (κ2) is 9.57. The second-order valence-electron chi connectivity index (χ2n) is 8.69. The third-order valence-corrected chi connectivity index (χ3v) is 8.63. The van der Waals surface area contributed by atoms with Gasteiger partial charge in [-0.3, -0.25) is 4.98 Å². The number of hydrogen-bond donors (Lipinski definition) is 0. The second-order valence-corrected chi connectivity index (χ2v) is 11.1. The predicted molar refractivity (Wildman–Crippen MR) is 148 cm³/mol. The lowest BCUT2D eigenvalue weighted by Gasteiger charge is -2.18. The van der Waals surface area contributed by atoms with Crippen molar-refractivity contribution in [2.24, 2.45) is 0 Å². The van der Waals surface area contributed by atoms with Crippen LogP contribution >= 0.6 is 11.6 Å². The Labute approximate surface area is 220 Å². The maximum absolute atomic E-state index is 14.1. The van der Waals surface area contributed by atoms with Gasteiger partial charge in [-0.25, -0.2) is 8.42 Å². The van der Waals surface area contributed by atoms with Crippen molar-refractivity contribution in [1.82, 2.24) is 9.55 Å². The molecular formula is C29H25ClN2O4S. The van der Waals surface area contributed by atoms with Crippen LogP contribution in [0.5, 0.6) is 11.5 Å². The first kappa shape index (κ1) is 24.9. The van der Waals surface area contributed by atoms with Gasteiger partial charge in [-0.15, -0.1) is 0 Å². The van der Waals surface area contributed by atoms with E-state index in [0.717, 1.165) is 27.5 Å². The standard InChI is InChI=1S/C29H25ClN2O4S/c1-5-28(37(33,34)27-8-6-7-20-13-18(2)16-31-29(20)27)32-17-23(22-15-21(30)10-11-24(22)32)19-9-12-25(35-3)26(14-19)36-4/h5-17,28H,1H2,2-4H3. The highest BCUT2D eigenvalue weighted by Crippen LogP contribution is 2.40. The first-order chi connectivity index (χ1) is 17.8. The minimum Gasteiger partial charge on any atom is -0.493 e. The number of rotatable bonds is 7. The molecule has 2 heterocycles. The lowest BCUT2D eigenvalue weighted by Crippen LogP contribution is -2.18. The number of para-hydroxylation sites is 1. The molecule has 0 aliphatic rings.